The number of nitrogens with zero attached hydrogens (tertiary/aromatic N) is 2. The fourth-order valence-corrected chi connectivity index (χ4v) is 1.79. The molecule has 0 saturated carbocycles. The zero-order chi connectivity index (χ0) is 11.7. The maximum absolute atomic E-state index is 11.6. The van der Waals surface area contributed by atoms with Gasteiger partial charge in [-0.25, -0.2) is 9.78 Å². The maximum atomic E-state index is 11.6. The van der Waals surface area contributed by atoms with Crippen LogP contribution in [0.1, 0.15) is 19.4 Å². The average Bonchev–Trinajstić information content (AvgIpc) is 2.62. The van der Waals surface area contributed by atoms with Crippen molar-refractivity contribution in [3.63, 3.8) is 0 Å². The van der Waals surface area contributed by atoms with E-state index in [2.05, 4.69) is 18.8 Å². The van der Waals surface area contributed by atoms with Gasteiger partial charge in [-0.2, -0.15) is 0 Å². The first kappa shape index (κ1) is 10.9. The fraction of sp³-hybridized carbons (Fsp3) is 0.500. The third-order valence-electron chi connectivity index (χ3n) is 2.82. The quantitative estimate of drug-likeness (QED) is 0.768. The Morgan fingerprint density at radius 3 is 2.81 bits per heavy atom. The molecule has 0 aliphatic carbocycles. The zero-order valence-electron chi connectivity index (χ0n) is 9.80. The van der Waals surface area contributed by atoms with Crippen LogP contribution in [0.25, 0.3) is 0 Å². The van der Waals surface area contributed by atoms with E-state index in [4.69, 9.17) is 4.74 Å². The number of anilines is 1. The van der Waals surface area contributed by atoms with E-state index in [1.165, 1.54) is 0 Å². The lowest BCUT2D eigenvalue weighted by Gasteiger charge is -2.23. The molecule has 2 heterocycles. The monoisotopic (exact) mass is 220 g/mol. The van der Waals surface area contributed by atoms with Crippen molar-refractivity contribution in [1.82, 2.24) is 4.98 Å². The summed E-state index contributed by atoms with van der Waals surface area (Å²) in [7, 11) is 0. The molecule has 0 aromatic carbocycles. The summed E-state index contributed by atoms with van der Waals surface area (Å²) in [6, 6.07) is 3.89. The number of pyridine rings is 1. The molecule has 0 N–H and O–H groups in total. The Morgan fingerprint density at radius 2 is 2.25 bits per heavy atom. The van der Waals surface area contributed by atoms with Gasteiger partial charge < -0.3 is 4.74 Å². The van der Waals surface area contributed by atoms with E-state index in [0.29, 0.717) is 18.3 Å². The lowest BCUT2D eigenvalue weighted by Crippen LogP contribution is -2.37. The Kier molecular flexibility index (Phi) is 2.81. The summed E-state index contributed by atoms with van der Waals surface area (Å²) in [5.41, 5.74) is 1.08. The highest BCUT2D eigenvalue weighted by atomic mass is 16.6. The minimum Gasteiger partial charge on any atom is -0.447 e. The van der Waals surface area contributed by atoms with E-state index < -0.39 is 0 Å². The van der Waals surface area contributed by atoms with Gasteiger partial charge in [0.15, 0.2) is 0 Å². The van der Waals surface area contributed by atoms with Crippen molar-refractivity contribution in [3.8, 4) is 0 Å². The van der Waals surface area contributed by atoms with E-state index in [0.717, 1.165) is 5.56 Å². The highest BCUT2D eigenvalue weighted by molar-refractivity contribution is 5.89. The molecule has 4 nitrogen and oxygen atoms in total. The summed E-state index contributed by atoms with van der Waals surface area (Å²) in [6.45, 7) is 6.58. The number of cyclic esters (lactones) is 1. The van der Waals surface area contributed by atoms with Crippen molar-refractivity contribution in [3.05, 3.63) is 23.9 Å². The van der Waals surface area contributed by atoms with Gasteiger partial charge in [0.05, 0.1) is 6.04 Å². The first-order chi connectivity index (χ1) is 7.59. The molecule has 16 heavy (non-hydrogen) atoms. The van der Waals surface area contributed by atoms with Crippen LogP contribution in [0.3, 0.4) is 0 Å². The predicted octanol–water partition coefficient (Wildman–Crippen LogP) is 2.37. The SMILES string of the molecule is Cc1ccc(N2C(=O)OC[C@@H]2C(C)C)nc1. The van der Waals surface area contributed by atoms with Gasteiger partial charge in [0.1, 0.15) is 12.4 Å². The second kappa shape index (κ2) is 4.12. The van der Waals surface area contributed by atoms with Gasteiger partial charge in [0.25, 0.3) is 0 Å². The van der Waals surface area contributed by atoms with Crippen LogP contribution >= 0.6 is 0 Å². The highest BCUT2D eigenvalue weighted by Gasteiger charge is 2.36. The number of aromatic nitrogens is 1. The number of ether oxygens (including phenoxy) is 1. The van der Waals surface area contributed by atoms with Gasteiger partial charge in [-0.1, -0.05) is 19.9 Å². The predicted molar refractivity (Wildman–Crippen MR) is 61.4 cm³/mol. The number of hydrogen-bond donors (Lipinski definition) is 0. The number of rotatable bonds is 2. The van der Waals surface area contributed by atoms with Crippen molar-refractivity contribution >= 4 is 11.9 Å². The van der Waals surface area contributed by atoms with Gasteiger partial charge in [-0.15, -0.1) is 0 Å². The van der Waals surface area contributed by atoms with E-state index in [9.17, 15) is 4.79 Å². The number of aryl methyl sites for hydroxylation is 1. The van der Waals surface area contributed by atoms with E-state index in [-0.39, 0.29) is 12.1 Å². The van der Waals surface area contributed by atoms with Gasteiger partial charge in [-0.3, -0.25) is 4.90 Å². The second-order valence-corrected chi connectivity index (χ2v) is 4.45. The van der Waals surface area contributed by atoms with Crippen LogP contribution in [0, 0.1) is 12.8 Å². The first-order valence-electron chi connectivity index (χ1n) is 5.48. The first-order valence-corrected chi connectivity index (χ1v) is 5.48. The number of carbonyl (C=O) groups excluding carboxylic acids is 1. The highest BCUT2D eigenvalue weighted by Crippen LogP contribution is 2.25. The molecule has 1 fully saturated rings. The van der Waals surface area contributed by atoms with Crippen LogP contribution in [0.2, 0.25) is 0 Å². The lowest BCUT2D eigenvalue weighted by atomic mass is 10.0. The molecule has 0 radical (unpaired) electrons. The Labute approximate surface area is 95.2 Å². The fourth-order valence-electron chi connectivity index (χ4n) is 1.79. The largest absolute Gasteiger partial charge is 0.447 e. The molecule has 0 spiro atoms. The smallest absolute Gasteiger partial charge is 0.415 e. The number of hydrogen-bond acceptors (Lipinski definition) is 3. The molecule has 0 unspecified atom stereocenters. The normalized spacial score (nSPS) is 20.4. The van der Waals surface area contributed by atoms with Crippen molar-refractivity contribution < 1.29 is 9.53 Å². The lowest BCUT2D eigenvalue weighted by molar-refractivity contribution is 0.177. The Balaban J connectivity index is 2.30. The minimum absolute atomic E-state index is 0.0858. The van der Waals surface area contributed by atoms with E-state index >= 15 is 0 Å². The number of carbonyl (C=O) groups is 1. The molecular weight excluding hydrogens is 204 g/mol. The standard InChI is InChI=1S/C12H16N2O2/c1-8(2)10-7-16-12(15)14(10)11-5-4-9(3)6-13-11/h4-6,8,10H,7H2,1-3H3/t10-/m1/s1. The average molecular weight is 220 g/mol. The molecule has 86 valence electrons. The van der Waals surface area contributed by atoms with Gasteiger partial charge in [-0.05, 0) is 24.5 Å². The molecule has 1 aromatic rings. The zero-order valence-corrected chi connectivity index (χ0v) is 9.80. The summed E-state index contributed by atoms with van der Waals surface area (Å²) >= 11 is 0. The van der Waals surface area contributed by atoms with E-state index in [1.807, 2.05) is 19.1 Å². The molecule has 1 aliphatic heterocycles. The molecule has 1 atom stereocenters. The summed E-state index contributed by atoms with van der Waals surface area (Å²) in [5, 5.41) is 0. The Bertz CT molecular complexity index is 387. The summed E-state index contributed by atoms with van der Waals surface area (Å²) in [4.78, 5) is 17.5. The molecular formula is C12H16N2O2. The van der Waals surface area contributed by atoms with Gasteiger partial charge in [0.2, 0.25) is 0 Å². The van der Waals surface area contributed by atoms with Crippen LogP contribution in [0.15, 0.2) is 18.3 Å². The molecule has 4 heteroatoms. The van der Waals surface area contributed by atoms with Crippen LogP contribution in [0.5, 0.6) is 0 Å². The minimum atomic E-state index is -0.296. The second-order valence-electron chi connectivity index (χ2n) is 4.45. The summed E-state index contributed by atoms with van der Waals surface area (Å²) in [6.07, 6.45) is 1.47. The molecule has 1 amide bonds. The third-order valence-corrected chi connectivity index (χ3v) is 2.82. The van der Waals surface area contributed by atoms with Gasteiger partial charge in [0, 0.05) is 6.20 Å². The number of amides is 1. The van der Waals surface area contributed by atoms with Crippen LogP contribution in [-0.4, -0.2) is 23.7 Å². The molecule has 1 aromatic heterocycles. The Morgan fingerprint density at radius 1 is 1.50 bits per heavy atom. The van der Waals surface area contributed by atoms with Crippen molar-refractivity contribution in [2.45, 2.75) is 26.8 Å². The van der Waals surface area contributed by atoms with Crippen molar-refractivity contribution in [2.24, 2.45) is 5.92 Å². The summed E-state index contributed by atoms with van der Waals surface area (Å²) in [5.74, 6) is 1.03. The third kappa shape index (κ3) is 1.87. The van der Waals surface area contributed by atoms with Gasteiger partial charge >= 0.3 is 6.09 Å². The Hall–Kier alpha value is -1.58. The van der Waals surface area contributed by atoms with E-state index in [1.54, 1.807) is 11.1 Å². The summed E-state index contributed by atoms with van der Waals surface area (Å²) < 4.78 is 5.07. The molecule has 2 rings (SSSR count). The maximum Gasteiger partial charge on any atom is 0.415 e. The van der Waals surface area contributed by atoms with Crippen LogP contribution in [0.4, 0.5) is 10.6 Å². The van der Waals surface area contributed by atoms with Crippen molar-refractivity contribution in [1.29, 1.82) is 0 Å². The topological polar surface area (TPSA) is 42.4 Å². The van der Waals surface area contributed by atoms with Crippen LogP contribution in [-0.2, 0) is 4.74 Å². The van der Waals surface area contributed by atoms with Crippen LogP contribution < -0.4 is 4.90 Å². The van der Waals surface area contributed by atoms with Crippen molar-refractivity contribution in [2.75, 3.05) is 11.5 Å². The molecule has 0 bridgehead atoms. The molecule has 1 aliphatic rings. The molecule has 1 saturated heterocycles.